The molecule has 1 aromatic carbocycles. The third kappa shape index (κ3) is 1.47. The summed E-state index contributed by atoms with van der Waals surface area (Å²) < 4.78 is 27.7. The number of aromatic amines is 1. The number of hydrogen-bond donors (Lipinski definition) is 1. The van der Waals surface area contributed by atoms with Crippen LogP contribution in [0.1, 0.15) is 17.7 Å². The molecule has 0 unspecified atom stereocenters. The van der Waals surface area contributed by atoms with Crippen LogP contribution in [-0.4, -0.2) is 10.9 Å². The fourth-order valence-corrected chi connectivity index (χ4v) is 2.83. The minimum absolute atomic E-state index is 0.0511. The summed E-state index contributed by atoms with van der Waals surface area (Å²) in [5, 5.41) is 0.920. The third-order valence-electron chi connectivity index (χ3n) is 3.16. The van der Waals surface area contributed by atoms with E-state index in [2.05, 4.69) is 20.9 Å². The average molecular weight is 286 g/mol. The van der Waals surface area contributed by atoms with E-state index >= 15 is 0 Å². The Morgan fingerprint density at radius 3 is 2.94 bits per heavy atom. The SMILES string of the molecule is FC1(F)CCc2[nH]c3c(Br)cccc3c2C1. The molecule has 3 rings (SSSR count). The summed E-state index contributed by atoms with van der Waals surface area (Å²) in [4.78, 5) is 3.24. The quantitative estimate of drug-likeness (QED) is 0.752. The summed E-state index contributed by atoms with van der Waals surface area (Å²) in [7, 11) is 0. The van der Waals surface area contributed by atoms with E-state index in [1.165, 1.54) is 0 Å². The fraction of sp³-hybridized carbons (Fsp3) is 0.333. The Morgan fingerprint density at radius 1 is 1.31 bits per heavy atom. The van der Waals surface area contributed by atoms with Crippen LogP contribution >= 0.6 is 15.9 Å². The van der Waals surface area contributed by atoms with E-state index in [1.54, 1.807) is 0 Å². The normalized spacial score (nSPS) is 18.7. The number of benzene rings is 1. The van der Waals surface area contributed by atoms with Crippen molar-refractivity contribution in [3.63, 3.8) is 0 Å². The van der Waals surface area contributed by atoms with Gasteiger partial charge in [-0.25, -0.2) is 8.78 Å². The number of para-hydroxylation sites is 1. The van der Waals surface area contributed by atoms with Gasteiger partial charge in [0.2, 0.25) is 0 Å². The van der Waals surface area contributed by atoms with Gasteiger partial charge in [-0.2, -0.15) is 0 Å². The van der Waals surface area contributed by atoms with Crippen LogP contribution in [0.25, 0.3) is 10.9 Å². The minimum atomic E-state index is -2.55. The van der Waals surface area contributed by atoms with Gasteiger partial charge in [-0.1, -0.05) is 12.1 Å². The van der Waals surface area contributed by atoms with Crippen LogP contribution in [-0.2, 0) is 12.8 Å². The molecule has 1 aliphatic rings. The molecule has 2 aromatic rings. The van der Waals surface area contributed by atoms with E-state index in [0.29, 0.717) is 6.42 Å². The minimum Gasteiger partial charge on any atom is -0.357 e. The summed E-state index contributed by atoms with van der Waals surface area (Å²) in [5.41, 5.74) is 2.69. The molecule has 0 radical (unpaired) electrons. The highest BCUT2D eigenvalue weighted by Gasteiger charge is 2.35. The van der Waals surface area contributed by atoms with Gasteiger partial charge in [-0.3, -0.25) is 0 Å². The number of halogens is 3. The van der Waals surface area contributed by atoms with Crippen LogP contribution in [0.3, 0.4) is 0 Å². The van der Waals surface area contributed by atoms with E-state index in [-0.39, 0.29) is 12.8 Å². The van der Waals surface area contributed by atoms with Crippen LogP contribution in [0.15, 0.2) is 22.7 Å². The molecule has 4 heteroatoms. The monoisotopic (exact) mass is 285 g/mol. The number of fused-ring (bicyclic) bond motifs is 3. The second kappa shape index (κ2) is 3.29. The molecule has 0 aliphatic heterocycles. The van der Waals surface area contributed by atoms with E-state index in [9.17, 15) is 8.78 Å². The Hall–Kier alpha value is -0.900. The van der Waals surface area contributed by atoms with Crippen molar-refractivity contribution in [1.29, 1.82) is 0 Å². The van der Waals surface area contributed by atoms with Gasteiger partial charge in [0.05, 0.1) is 5.52 Å². The van der Waals surface area contributed by atoms with Crippen molar-refractivity contribution in [2.75, 3.05) is 0 Å². The number of H-pyrrole nitrogens is 1. The van der Waals surface area contributed by atoms with E-state index < -0.39 is 5.92 Å². The second-order valence-corrected chi connectivity index (χ2v) is 5.13. The highest BCUT2D eigenvalue weighted by Crippen LogP contribution is 2.38. The smallest absolute Gasteiger partial charge is 0.252 e. The highest BCUT2D eigenvalue weighted by molar-refractivity contribution is 9.10. The Balaban J connectivity index is 2.26. The molecular formula is C12H10BrF2N. The lowest BCUT2D eigenvalue weighted by Gasteiger charge is -2.21. The number of aryl methyl sites for hydroxylation is 1. The van der Waals surface area contributed by atoms with E-state index in [4.69, 9.17) is 0 Å². The molecule has 0 amide bonds. The van der Waals surface area contributed by atoms with Crippen molar-refractivity contribution in [3.8, 4) is 0 Å². The first kappa shape index (κ1) is 10.3. The lowest BCUT2D eigenvalue weighted by molar-refractivity contribution is -0.0121. The van der Waals surface area contributed by atoms with Crippen molar-refractivity contribution in [2.24, 2.45) is 0 Å². The molecule has 1 N–H and O–H groups in total. The van der Waals surface area contributed by atoms with Crippen LogP contribution in [0, 0.1) is 0 Å². The zero-order valence-corrected chi connectivity index (χ0v) is 10.1. The zero-order chi connectivity index (χ0) is 11.3. The molecular weight excluding hydrogens is 276 g/mol. The summed E-state index contributed by atoms with van der Waals surface area (Å²) >= 11 is 3.43. The van der Waals surface area contributed by atoms with Gasteiger partial charge in [-0.15, -0.1) is 0 Å². The molecule has 1 heterocycles. The Morgan fingerprint density at radius 2 is 2.12 bits per heavy atom. The topological polar surface area (TPSA) is 15.8 Å². The van der Waals surface area contributed by atoms with Crippen molar-refractivity contribution >= 4 is 26.8 Å². The van der Waals surface area contributed by atoms with Gasteiger partial charge < -0.3 is 4.98 Å². The molecule has 1 aliphatic carbocycles. The molecule has 0 fully saturated rings. The standard InChI is InChI=1S/C12H10BrF2N/c13-9-3-1-2-7-8-6-12(14,15)5-4-10(8)16-11(7)9/h1-3,16H,4-6H2. The zero-order valence-electron chi connectivity index (χ0n) is 8.49. The first-order valence-electron chi connectivity index (χ1n) is 5.23. The van der Waals surface area contributed by atoms with Gasteiger partial charge >= 0.3 is 0 Å². The van der Waals surface area contributed by atoms with Gasteiger partial charge in [-0.05, 0) is 34.0 Å². The lowest BCUT2D eigenvalue weighted by Crippen LogP contribution is -2.25. The Kier molecular flexibility index (Phi) is 2.11. The average Bonchev–Trinajstić information content (AvgIpc) is 2.57. The predicted octanol–water partition coefficient (Wildman–Crippen LogP) is 4.05. The van der Waals surface area contributed by atoms with Gasteiger partial charge in [0.15, 0.2) is 0 Å². The van der Waals surface area contributed by atoms with Gasteiger partial charge in [0, 0.05) is 28.4 Å². The van der Waals surface area contributed by atoms with E-state index in [0.717, 1.165) is 26.6 Å². The molecule has 0 atom stereocenters. The van der Waals surface area contributed by atoms with Crippen molar-refractivity contribution in [3.05, 3.63) is 33.9 Å². The molecule has 0 spiro atoms. The number of nitrogens with one attached hydrogen (secondary N) is 1. The number of alkyl halides is 2. The fourth-order valence-electron chi connectivity index (χ4n) is 2.36. The first-order chi connectivity index (χ1) is 7.57. The summed E-state index contributed by atoms with van der Waals surface area (Å²) in [5.74, 6) is -2.55. The van der Waals surface area contributed by atoms with Crippen LogP contribution in [0.4, 0.5) is 8.78 Å². The molecule has 0 bridgehead atoms. The van der Waals surface area contributed by atoms with Crippen molar-refractivity contribution in [1.82, 2.24) is 4.98 Å². The second-order valence-electron chi connectivity index (χ2n) is 4.28. The number of hydrogen-bond acceptors (Lipinski definition) is 0. The summed E-state index contributed by atoms with van der Waals surface area (Å²) in [6, 6.07) is 5.70. The van der Waals surface area contributed by atoms with Crippen LogP contribution < -0.4 is 0 Å². The van der Waals surface area contributed by atoms with Gasteiger partial charge in [0.1, 0.15) is 0 Å². The first-order valence-corrected chi connectivity index (χ1v) is 6.02. The molecule has 1 aromatic heterocycles. The number of aromatic nitrogens is 1. The number of rotatable bonds is 0. The molecule has 1 nitrogen and oxygen atoms in total. The molecule has 0 saturated carbocycles. The summed E-state index contributed by atoms with van der Waals surface area (Å²) in [6.45, 7) is 0. The largest absolute Gasteiger partial charge is 0.357 e. The lowest BCUT2D eigenvalue weighted by atomic mass is 9.92. The van der Waals surface area contributed by atoms with Crippen LogP contribution in [0.2, 0.25) is 0 Å². The maximum atomic E-state index is 13.4. The Bertz CT molecular complexity index is 559. The van der Waals surface area contributed by atoms with Gasteiger partial charge in [0.25, 0.3) is 5.92 Å². The van der Waals surface area contributed by atoms with Crippen molar-refractivity contribution in [2.45, 2.75) is 25.2 Å². The molecule has 16 heavy (non-hydrogen) atoms. The molecule has 84 valence electrons. The molecule has 0 saturated heterocycles. The highest BCUT2D eigenvalue weighted by atomic mass is 79.9. The maximum absolute atomic E-state index is 13.4. The predicted molar refractivity (Wildman–Crippen MR) is 63.0 cm³/mol. The van der Waals surface area contributed by atoms with Crippen molar-refractivity contribution < 1.29 is 8.78 Å². The summed E-state index contributed by atoms with van der Waals surface area (Å²) in [6.07, 6.45) is 0.243. The third-order valence-corrected chi connectivity index (χ3v) is 3.82. The van der Waals surface area contributed by atoms with E-state index in [1.807, 2.05) is 18.2 Å². The van der Waals surface area contributed by atoms with Crippen LogP contribution in [0.5, 0.6) is 0 Å². The Labute approximate surface area is 100.0 Å². The maximum Gasteiger partial charge on any atom is 0.252 e.